The summed E-state index contributed by atoms with van der Waals surface area (Å²) in [6.07, 6.45) is 2.17. The van der Waals surface area contributed by atoms with Crippen LogP contribution in [-0.2, 0) is 0 Å². The smallest absolute Gasteiger partial charge is 0.141 e. The predicted molar refractivity (Wildman–Crippen MR) is 74.3 cm³/mol. The van der Waals surface area contributed by atoms with Gasteiger partial charge in [-0.15, -0.1) is 0 Å². The van der Waals surface area contributed by atoms with E-state index < -0.39 is 0 Å². The van der Waals surface area contributed by atoms with E-state index in [1.54, 1.807) is 0 Å². The third-order valence-electron chi connectivity index (χ3n) is 2.88. The Balaban J connectivity index is 2.99. The van der Waals surface area contributed by atoms with Crippen molar-refractivity contribution in [2.45, 2.75) is 53.5 Å². The SMILES string of the molecule is Cc1nn(C(CC(C)C)CC(C)C)c(N)c1Cl. The van der Waals surface area contributed by atoms with Crippen LogP contribution in [0.15, 0.2) is 0 Å². The lowest BCUT2D eigenvalue weighted by Gasteiger charge is -2.22. The molecule has 0 radical (unpaired) electrons. The molecule has 1 heterocycles. The molecule has 0 amide bonds. The molecule has 1 rings (SSSR count). The lowest BCUT2D eigenvalue weighted by Crippen LogP contribution is -2.17. The molecule has 0 aliphatic rings. The van der Waals surface area contributed by atoms with E-state index >= 15 is 0 Å². The second-order valence-electron chi connectivity index (χ2n) is 5.64. The lowest BCUT2D eigenvalue weighted by molar-refractivity contribution is 0.319. The fraction of sp³-hybridized carbons (Fsp3) is 0.769. The highest BCUT2D eigenvalue weighted by molar-refractivity contribution is 6.33. The third-order valence-corrected chi connectivity index (χ3v) is 3.35. The van der Waals surface area contributed by atoms with E-state index in [4.69, 9.17) is 17.3 Å². The van der Waals surface area contributed by atoms with Gasteiger partial charge in [0.1, 0.15) is 10.8 Å². The average Bonchev–Trinajstić information content (AvgIpc) is 2.43. The van der Waals surface area contributed by atoms with Crippen LogP contribution in [0.3, 0.4) is 0 Å². The first-order chi connectivity index (χ1) is 7.82. The van der Waals surface area contributed by atoms with E-state index in [1.165, 1.54) is 0 Å². The summed E-state index contributed by atoms with van der Waals surface area (Å²) in [5.41, 5.74) is 6.85. The van der Waals surface area contributed by atoms with Crippen molar-refractivity contribution in [2.24, 2.45) is 11.8 Å². The highest BCUT2D eigenvalue weighted by atomic mass is 35.5. The summed E-state index contributed by atoms with van der Waals surface area (Å²) in [5.74, 6) is 1.86. The summed E-state index contributed by atoms with van der Waals surface area (Å²) < 4.78 is 1.91. The third kappa shape index (κ3) is 3.63. The van der Waals surface area contributed by atoms with Crippen LogP contribution in [0.4, 0.5) is 5.82 Å². The second-order valence-corrected chi connectivity index (χ2v) is 6.02. The fourth-order valence-corrected chi connectivity index (χ4v) is 2.33. The summed E-state index contributed by atoms with van der Waals surface area (Å²) in [6.45, 7) is 10.8. The van der Waals surface area contributed by atoms with Crippen LogP contribution >= 0.6 is 11.6 Å². The lowest BCUT2D eigenvalue weighted by atomic mass is 9.96. The summed E-state index contributed by atoms with van der Waals surface area (Å²) in [6, 6.07) is 0.348. The Labute approximate surface area is 109 Å². The van der Waals surface area contributed by atoms with Crippen LogP contribution in [0.1, 0.15) is 52.3 Å². The molecule has 0 aliphatic carbocycles. The summed E-state index contributed by atoms with van der Waals surface area (Å²) >= 11 is 6.11. The van der Waals surface area contributed by atoms with Crippen molar-refractivity contribution in [3.05, 3.63) is 10.7 Å². The fourth-order valence-electron chi connectivity index (χ4n) is 2.21. The first-order valence-corrected chi connectivity index (χ1v) is 6.70. The Morgan fingerprint density at radius 2 is 1.65 bits per heavy atom. The molecule has 0 unspecified atom stereocenters. The van der Waals surface area contributed by atoms with E-state index in [2.05, 4.69) is 32.8 Å². The van der Waals surface area contributed by atoms with Crippen molar-refractivity contribution in [1.82, 2.24) is 9.78 Å². The molecule has 98 valence electrons. The Kier molecular flexibility index (Phi) is 4.87. The topological polar surface area (TPSA) is 43.8 Å². The first-order valence-electron chi connectivity index (χ1n) is 6.33. The molecule has 0 spiro atoms. The molecule has 17 heavy (non-hydrogen) atoms. The van der Waals surface area contributed by atoms with Gasteiger partial charge in [0.2, 0.25) is 0 Å². The maximum absolute atomic E-state index is 6.11. The maximum atomic E-state index is 6.11. The second kappa shape index (κ2) is 5.76. The highest BCUT2D eigenvalue weighted by Gasteiger charge is 2.20. The van der Waals surface area contributed by atoms with Gasteiger partial charge < -0.3 is 5.73 Å². The minimum Gasteiger partial charge on any atom is -0.383 e. The van der Waals surface area contributed by atoms with Crippen LogP contribution in [-0.4, -0.2) is 9.78 Å². The highest BCUT2D eigenvalue weighted by Crippen LogP contribution is 2.31. The molecule has 0 aliphatic heterocycles. The van der Waals surface area contributed by atoms with Gasteiger partial charge in [0.25, 0.3) is 0 Å². The van der Waals surface area contributed by atoms with Crippen LogP contribution in [0.5, 0.6) is 0 Å². The minimum atomic E-state index is 0.348. The predicted octanol–water partition coefficient (Wildman–Crippen LogP) is 4.06. The molecule has 0 atom stereocenters. The molecule has 0 bridgehead atoms. The molecule has 1 aromatic heterocycles. The quantitative estimate of drug-likeness (QED) is 0.865. The van der Waals surface area contributed by atoms with Gasteiger partial charge in [0, 0.05) is 0 Å². The molecule has 2 N–H and O–H groups in total. The Bertz CT molecular complexity index is 359. The molecule has 0 fully saturated rings. The number of aromatic nitrogens is 2. The summed E-state index contributed by atoms with van der Waals surface area (Å²) in [4.78, 5) is 0. The minimum absolute atomic E-state index is 0.348. The molecular formula is C13H24ClN3. The summed E-state index contributed by atoms with van der Waals surface area (Å²) in [7, 11) is 0. The van der Waals surface area contributed by atoms with Crippen molar-refractivity contribution in [3.63, 3.8) is 0 Å². The number of nitrogens with zero attached hydrogens (tertiary/aromatic N) is 2. The van der Waals surface area contributed by atoms with Crippen molar-refractivity contribution in [2.75, 3.05) is 5.73 Å². The van der Waals surface area contributed by atoms with Gasteiger partial charge >= 0.3 is 0 Å². The van der Waals surface area contributed by atoms with E-state index in [-0.39, 0.29) is 0 Å². The van der Waals surface area contributed by atoms with Crippen molar-refractivity contribution in [1.29, 1.82) is 0 Å². The Morgan fingerprint density at radius 3 is 1.94 bits per heavy atom. The van der Waals surface area contributed by atoms with Gasteiger partial charge in [-0.1, -0.05) is 39.3 Å². The van der Waals surface area contributed by atoms with Crippen LogP contribution in [0, 0.1) is 18.8 Å². The zero-order valence-electron chi connectivity index (χ0n) is 11.5. The largest absolute Gasteiger partial charge is 0.383 e. The van der Waals surface area contributed by atoms with E-state index in [9.17, 15) is 0 Å². The molecule has 0 aromatic carbocycles. The summed E-state index contributed by atoms with van der Waals surface area (Å²) in [5, 5.41) is 5.08. The molecule has 1 aromatic rings. The number of rotatable bonds is 5. The van der Waals surface area contributed by atoms with E-state index in [1.807, 2.05) is 11.6 Å². The molecule has 0 saturated carbocycles. The van der Waals surface area contributed by atoms with Gasteiger partial charge in [-0.25, -0.2) is 4.68 Å². The number of nitrogens with two attached hydrogens (primary N) is 1. The molecule has 4 heteroatoms. The Morgan fingerprint density at radius 1 is 1.18 bits per heavy atom. The number of anilines is 1. The number of hydrogen-bond donors (Lipinski definition) is 1. The van der Waals surface area contributed by atoms with Crippen molar-refractivity contribution in [3.8, 4) is 0 Å². The first kappa shape index (κ1) is 14.4. The number of halogens is 1. The normalized spacial score (nSPS) is 12.1. The van der Waals surface area contributed by atoms with Crippen LogP contribution < -0.4 is 5.73 Å². The monoisotopic (exact) mass is 257 g/mol. The zero-order valence-corrected chi connectivity index (χ0v) is 12.3. The zero-order chi connectivity index (χ0) is 13.2. The number of nitrogen functional groups attached to an aromatic ring is 1. The van der Waals surface area contributed by atoms with Gasteiger partial charge in [-0.3, -0.25) is 0 Å². The van der Waals surface area contributed by atoms with Gasteiger partial charge in [0.05, 0.1) is 11.7 Å². The van der Waals surface area contributed by atoms with E-state index in [0.717, 1.165) is 18.5 Å². The molecule has 0 saturated heterocycles. The van der Waals surface area contributed by atoms with Crippen molar-refractivity contribution < 1.29 is 0 Å². The maximum Gasteiger partial charge on any atom is 0.141 e. The average molecular weight is 258 g/mol. The Hall–Kier alpha value is -0.700. The van der Waals surface area contributed by atoms with Gasteiger partial charge in [-0.2, -0.15) is 5.10 Å². The van der Waals surface area contributed by atoms with Crippen LogP contribution in [0.25, 0.3) is 0 Å². The molecule has 3 nitrogen and oxygen atoms in total. The van der Waals surface area contributed by atoms with Gasteiger partial charge in [0.15, 0.2) is 0 Å². The number of hydrogen-bond acceptors (Lipinski definition) is 2. The van der Waals surface area contributed by atoms with Gasteiger partial charge in [-0.05, 0) is 31.6 Å². The molecular weight excluding hydrogens is 234 g/mol. The van der Waals surface area contributed by atoms with Crippen molar-refractivity contribution >= 4 is 17.4 Å². The standard InChI is InChI=1S/C13H24ClN3/c1-8(2)6-11(7-9(3)4)17-13(15)12(14)10(5)16-17/h8-9,11H,6-7,15H2,1-5H3. The van der Waals surface area contributed by atoms with Crippen LogP contribution in [0.2, 0.25) is 5.02 Å². The van der Waals surface area contributed by atoms with E-state index in [0.29, 0.717) is 28.7 Å². The number of aryl methyl sites for hydroxylation is 1.